The van der Waals surface area contributed by atoms with Crippen LogP contribution < -0.4 is 4.74 Å². The maximum Gasteiger partial charge on any atom is 0.223 e. The Morgan fingerprint density at radius 1 is 0.920 bits per heavy atom. The first-order valence-electron chi connectivity index (χ1n) is 9.14. The van der Waals surface area contributed by atoms with Crippen molar-refractivity contribution in [2.24, 2.45) is 0 Å². The van der Waals surface area contributed by atoms with E-state index in [2.05, 4.69) is 24.3 Å². The topological polar surface area (TPSA) is 29.5 Å². The van der Waals surface area contributed by atoms with Crippen molar-refractivity contribution in [1.82, 2.24) is 4.90 Å². The predicted octanol–water partition coefficient (Wildman–Crippen LogP) is 4.86. The van der Waals surface area contributed by atoms with Gasteiger partial charge < -0.3 is 9.64 Å². The first-order valence-corrected chi connectivity index (χ1v) is 9.14. The fourth-order valence-corrected chi connectivity index (χ4v) is 3.04. The Labute approximate surface area is 151 Å². The molecule has 0 aliphatic rings. The molecule has 1 atom stereocenters. The van der Waals surface area contributed by atoms with Crippen LogP contribution in [0.3, 0.4) is 0 Å². The van der Waals surface area contributed by atoms with Crippen LogP contribution >= 0.6 is 0 Å². The summed E-state index contributed by atoms with van der Waals surface area (Å²) in [5, 5.41) is 0. The summed E-state index contributed by atoms with van der Waals surface area (Å²) in [7, 11) is 0. The molecule has 25 heavy (non-hydrogen) atoms. The van der Waals surface area contributed by atoms with Crippen molar-refractivity contribution in [3.8, 4) is 5.75 Å². The monoisotopic (exact) mass is 339 g/mol. The number of hydrogen-bond donors (Lipinski definition) is 0. The molecule has 0 bridgehead atoms. The minimum atomic E-state index is 0.0578. The molecule has 2 aromatic rings. The number of hydrogen-bond acceptors (Lipinski definition) is 2. The molecule has 0 saturated heterocycles. The van der Waals surface area contributed by atoms with Gasteiger partial charge in [0.05, 0.1) is 6.10 Å². The smallest absolute Gasteiger partial charge is 0.223 e. The molecule has 0 radical (unpaired) electrons. The maximum absolute atomic E-state index is 12.7. The summed E-state index contributed by atoms with van der Waals surface area (Å²) in [4.78, 5) is 14.6. The van der Waals surface area contributed by atoms with Crippen molar-refractivity contribution in [1.29, 1.82) is 0 Å². The number of carbonyl (C=O) groups excluding carboxylic acids is 1. The minimum absolute atomic E-state index is 0.0578. The van der Waals surface area contributed by atoms with Gasteiger partial charge in [0.15, 0.2) is 0 Å². The standard InChI is InChI=1S/C22H29NO2/c1-5-23(6-2)22(24)16-21(18-10-8-7-9-11-18)19-12-14-20(15-13-19)25-17(3)4/h7-15,17,21H,5-6,16H2,1-4H3. The lowest BCUT2D eigenvalue weighted by molar-refractivity contribution is -0.131. The zero-order chi connectivity index (χ0) is 18.2. The lowest BCUT2D eigenvalue weighted by Gasteiger charge is -2.24. The van der Waals surface area contributed by atoms with E-state index in [4.69, 9.17) is 4.74 Å². The molecule has 0 N–H and O–H groups in total. The van der Waals surface area contributed by atoms with Gasteiger partial charge in [-0.3, -0.25) is 4.79 Å². The zero-order valence-electron chi connectivity index (χ0n) is 15.7. The van der Waals surface area contributed by atoms with Crippen LogP contribution in [-0.2, 0) is 4.79 Å². The van der Waals surface area contributed by atoms with E-state index in [9.17, 15) is 4.79 Å². The lowest BCUT2D eigenvalue weighted by atomic mass is 9.88. The van der Waals surface area contributed by atoms with Crippen molar-refractivity contribution < 1.29 is 9.53 Å². The van der Waals surface area contributed by atoms with E-state index < -0.39 is 0 Å². The Bertz CT molecular complexity index is 645. The van der Waals surface area contributed by atoms with Gasteiger partial charge in [0, 0.05) is 25.4 Å². The van der Waals surface area contributed by atoms with Crippen LogP contribution in [0.15, 0.2) is 54.6 Å². The minimum Gasteiger partial charge on any atom is -0.491 e. The summed E-state index contributed by atoms with van der Waals surface area (Å²) in [5.74, 6) is 1.12. The van der Waals surface area contributed by atoms with E-state index in [1.165, 1.54) is 5.56 Å². The second kappa shape index (κ2) is 9.26. The molecular weight excluding hydrogens is 310 g/mol. The summed E-state index contributed by atoms with van der Waals surface area (Å²) < 4.78 is 5.73. The number of ether oxygens (including phenoxy) is 1. The number of amides is 1. The Kier molecular flexibility index (Phi) is 7.05. The van der Waals surface area contributed by atoms with Gasteiger partial charge in [-0.05, 0) is 51.0 Å². The Balaban J connectivity index is 2.27. The fraction of sp³-hybridized carbons (Fsp3) is 0.409. The molecule has 3 heteroatoms. The molecule has 134 valence electrons. The van der Waals surface area contributed by atoms with E-state index in [0.29, 0.717) is 6.42 Å². The highest BCUT2D eigenvalue weighted by Crippen LogP contribution is 2.30. The van der Waals surface area contributed by atoms with E-state index >= 15 is 0 Å². The highest BCUT2D eigenvalue weighted by atomic mass is 16.5. The third-order valence-electron chi connectivity index (χ3n) is 4.35. The number of nitrogens with zero attached hydrogens (tertiary/aromatic N) is 1. The van der Waals surface area contributed by atoms with Gasteiger partial charge in [0.25, 0.3) is 0 Å². The van der Waals surface area contributed by atoms with E-state index in [-0.39, 0.29) is 17.9 Å². The zero-order valence-corrected chi connectivity index (χ0v) is 15.7. The summed E-state index contributed by atoms with van der Waals surface area (Å²) in [5.41, 5.74) is 2.31. The second-order valence-corrected chi connectivity index (χ2v) is 6.47. The van der Waals surface area contributed by atoms with Crippen LogP contribution in [0.1, 0.15) is 51.2 Å². The summed E-state index contributed by atoms with van der Waals surface area (Å²) >= 11 is 0. The van der Waals surface area contributed by atoms with Crippen molar-refractivity contribution in [3.05, 3.63) is 65.7 Å². The highest BCUT2D eigenvalue weighted by molar-refractivity contribution is 5.77. The molecule has 0 aliphatic carbocycles. The summed E-state index contributed by atoms with van der Waals surface area (Å²) in [6.07, 6.45) is 0.635. The molecule has 2 aromatic carbocycles. The third-order valence-corrected chi connectivity index (χ3v) is 4.35. The van der Waals surface area contributed by atoms with Crippen molar-refractivity contribution in [2.75, 3.05) is 13.1 Å². The van der Waals surface area contributed by atoms with Gasteiger partial charge in [0.2, 0.25) is 5.91 Å². The molecule has 0 heterocycles. The first-order chi connectivity index (χ1) is 12.0. The third kappa shape index (κ3) is 5.35. The fourth-order valence-electron chi connectivity index (χ4n) is 3.04. The molecule has 1 unspecified atom stereocenters. The van der Waals surface area contributed by atoms with Crippen molar-refractivity contribution >= 4 is 5.91 Å². The molecule has 0 aliphatic heterocycles. The van der Waals surface area contributed by atoms with Crippen LogP contribution in [-0.4, -0.2) is 30.0 Å². The predicted molar refractivity (Wildman–Crippen MR) is 103 cm³/mol. The molecule has 3 nitrogen and oxygen atoms in total. The molecule has 0 fully saturated rings. The van der Waals surface area contributed by atoms with Gasteiger partial charge in [-0.25, -0.2) is 0 Å². The van der Waals surface area contributed by atoms with E-state index in [0.717, 1.165) is 24.4 Å². The quantitative estimate of drug-likeness (QED) is 0.687. The lowest BCUT2D eigenvalue weighted by Crippen LogP contribution is -2.31. The van der Waals surface area contributed by atoms with E-state index in [1.54, 1.807) is 0 Å². The molecule has 0 aromatic heterocycles. The van der Waals surface area contributed by atoms with Gasteiger partial charge in [0.1, 0.15) is 5.75 Å². The molecule has 1 amide bonds. The summed E-state index contributed by atoms with van der Waals surface area (Å²) in [6, 6.07) is 18.4. The van der Waals surface area contributed by atoms with Crippen molar-refractivity contribution in [2.45, 2.75) is 46.1 Å². The Hall–Kier alpha value is -2.29. The molecular formula is C22H29NO2. The van der Waals surface area contributed by atoms with Crippen LogP contribution in [0.5, 0.6) is 5.75 Å². The number of carbonyl (C=O) groups is 1. The van der Waals surface area contributed by atoms with Crippen molar-refractivity contribution in [3.63, 3.8) is 0 Å². The van der Waals surface area contributed by atoms with Crippen LogP contribution in [0, 0.1) is 0 Å². The molecule has 0 spiro atoms. The maximum atomic E-state index is 12.7. The van der Waals surface area contributed by atoms with Gasteiger partial charge >= 0.3 is 0 Å². The normalized spacial score (nSPS) is 12.0. The van der Waals surface area contributed by atoms with Crippen LogP contribution in [0.2, 0.25) is 0 Å². The number of rotatable bonds is 8. The Morgan fingerprint density at radius 2 is 1.48 bits per heavy atom. The van der Waals surface area contributed by atoms with Gasteiger partial charge in [-0.15, -0.1) is 0 Å². The van der Waals surface area contributed by atoms with E-state index in [1.807, 2.05) is 62.9 Å². The van der Waals surface area contributed by atoms with Crippen LogP contribution in [0.25, 0.3) is 0 Å². The average Bonchev–Trinajstić information content (AvgIpc) is 2.62. The highest BCUT2D eigenvalue weighted by Gasteiger charge is 2.21. The molecule has 0 saturated carbocycles. The molecule has 2 rings (SSSR count). The van der Waals surface area contributed by atoms with Gasteiger partial charge in [-0.1, -0.05) is 42.5 Å². The first kappa shape index (κ1) is 19.0. The van der Waals surface area contributed by atoms with Crippen LogP contribution in [0.4, 0.5) is 0 Å². The second-order valence-electron chi connectivity index (χ2n) is 6.47. The largest absolute Gasteiger partial charge is 0.491 e. The summed E-state index contributed by atoms with van der Waals surface area (Å²) in [6.45, 7) is 9.58. The Morgan fingerprint density at radius 3 is 2.00 bits per heavy atom. The average molecular weight is 339 g/mol. The van der Waals surface area contributed by atoms with Gasteiger partial charge in [-0.2, -0.15) is 0 Å². The number of benzene rings is 2. The SMILES string of the molecule is CCN(CC)C(=O)CC(c1ccccc1)c1ccc(OC(C)C)cc1.